The van der Waals surface area contributed by atoms with Gasteiger partial charge in [0.15, 0.2) is 0 Å². The van der Waals surface area contributed by atoms with Crippen LogP contribution in [0.15, 0.2) is 72.9 Å². The summed E-state index contributed by atoms with van der Waals surface area (Å²) >= 11 is 6.41. The minimum Gasteiger partial charge on any atom is -0.457 e. The molecular weight excluding hydrogens is 537 g/mol. The van der Waals surface area contributed by atoms with Crippen LogP contribution in [0, 0.1) is 0 Å². The maximum Gasteiger partial charge on any atom is 0.412 e. The molecule has 2 N–H and O–H groups in total. The highest BCUT2D eigenvalue weighted by Gasteiger charge is 2.22. The fraction of sp³-hybridized carbons (Fsp3) is 0.241. The average Bonchev–Trinajstić information content (AvgIpc) is 2.84. The van der Waals surface area contributed by atoms with Crippen molar-refractivity contribution in [1.82, 2.24) is 4.98 Å². The van der Waals surface area contributed by atoms with Gasteiger partial charge in [0.1, 0.15) is 22.9 Å². The van der Waals surface area contributed by atoms with Crippen LogP contribution < -0.4 is 20.7 Å². The van der Waals surface area contributed by atoms with E-state index >= 15 is 0 Å². The highest BCUT2D eigenvalue weighted by molar-refractivity contribution is 7.66. The third kappa shape index (κ3) is 7.30. The highest BCUT2D eigenvalue weighted by Crippen LogP contribution is 2.44. The van der Waals surface area contributed by atoms with Crippen molar-refractivity contribution in [3.05, 3.63) is 77.9 Å². The van der Waals surface area contributed by atoms with E-state index in [2.05, 4.69) is 15.6 Å². The lowest BCUT2D eigenvalue weighted by molar-refractivity contribution is 0.0636. The summed E-state index contributed by atoms with van der Waals surface area (Å²) in [6.45, 7) is 9.12. The second-order valence-corrected chi connectivity index (χ2v) is 12.7. The van der Waals surface area contributed by atoms with Crippen LogP contribution in [0.1, 0.15) is 27.7 Å². The van der Waals surface area contributed by atoms with E-state index in [1.54, 1.807) is 62.2 Å². The highest BCUT2D eigenvalue weighted by atomic mass is 35.5. The molecule has 1 heterocycles. The topological polar surface area (TPSA) is 98.8 Å². The quantitative estimate of drug-likeness (QED) is 0.206. The van der Waals surface area contributed by atoms with Crippen molar-refractivity contribution in [3.63, 3.8) is 0 Å². The molecule has 0 bridgehead atoms. The van der Waals surface area contributed by atoms with Crippen LogP contribution in [0.5, 0.6) is 11.5 Å². The Hall–Kier alpha value is -3.58. The van der Waals surface area contributed by atoms with Gasteiger partial charge in [-0.25, -0.2) is 9.78 Å². The van der Waals surface area contributed by atoms with E-state index in [0.29, 0.717) is 45.6 Å². The molecule has 10 heteroatoms. The molecule has 1 unspecified atom stereocenters. The summed E-state index contributed by atoms with van der Waals surface area (Å²) in [5, 5.41) is 8.46. The van der Waals surface area contributed by atoms with Gasteiger partial charge < -0.3 is 19.3 Å². The van der Waals surface area contributed by atoms with Crippen molar-refractivity contribution in [3.8, 4) is 11.5 Å². The van der Waals surface area contributed by atoms with Crippen LogP contribution in [0.25, 0.3) is 10.8 Å². The first-order chi connectivity index (χ1) is 18.4. The van der Waals surface area contributed by atoms with Crippen LogP contribution in [-0.2, 0) is 13.8 Å². The third-order valence-corrected chi connectivity index (χ3v) is 7.97. The summed E-state index contributed by atoms with van der Waals surface area (Å²) in [4.78, 5) is 16.7. The van der Waals surface area contributed by atoms with Crippen molar-refractivity contribution in [2.75, 3.05) is 23.9 Å². The minimum absolute atomic E-state index is 0.332. The summed E-state index contributed by atoms with van der Waals surface area (Å²) in [6, 6.07) is 19.9. The van der Waals surface area contributed by atoms with Gasteiger partial charge in [0.2, 0.25) is 7.37 Å². The van der Waals surface area contributed by atoms with E-state index < -0.39 is 19.1 Å². The van der Waals surface area contributed by atoms with Gasteiger partial charge in [0.25, 0.3) is 0 Å². The lowest BCUT2D eigenvalue weighted by atomic mass is 10.1. The number of ether oxygens (including phenoxy) is 2. The van der Waals surface area contributed by atoms with E-state index in [0.717, 1.165) is 10.8 Å². The molecule has 39 heavy (non-hydrogen) atoms. The molecule has 0 saturated heterocycles. The van der Waals surface area contributed by atoms with Crippen LogP contribution in [0.3, 0.4) is 0 Å². The molecule has 0 saturated carbocycles. The Morgan fingerprint density at radius 2 is 1.77 bits per heavy atom. The summed E-state index contributed by atoms with van der Waals surface area (Å²) in [5.41, 5.74) is 0.684. The maximum atomic E-state index is 12.8. The Morgan fingerprint density at radius 1 is 1.03 bits per heavy atom. The molecule has 0 aliphatic rings. The molecule has 0 radical (unpaired) electrons. The smallest absolute Gasteiger partial charge is 0.412 e. The molecule has 4 rings (SSSR count). The number of carbonyl (C=O) groups is 1. The zero-order chi connectivity index (χ0) is 28.2. The number of anilines is 3. The number of hydrogen-bond donors (Lipinski definition) is 2. The van der Waals surface area contributed by atoms with E-state index in [-0.39, 0.29) is 0 Å². The normalized spacial score (nSPS) is 13.0. The van der Waals surface area contributed by atoms with E-state index in [1.807, 2.05) is 45.0 Å². The van der Waals surface area contributed by atoms with E-state index in [4.69, 9.17) is 25.6 Å². The predicted octanol–water partition coefficient (Wildman–Crippen LogP) is 8.34. The van der Waals surface area contributed by atoms with Gasteiger partial charge in [0, 0.05) is 35.4 Å². The largest absolute Gasteiger partial charge is 0.457 e. The molecule has 1 aromatic heterocycles. The standard InChI is InChI=1S/C29H31ClN3O5P/c1-6-36-39(5,35)26-14-11-19(17-23(26)30)32-27-18-20(15-16-31-27)37-25-13-12-24(21-9-7-8-10-22(21)25)33-28(34)38-29(2,3)4/h7-18H,6H2,1-5H3,(H,31,32)(H,33,34). The molecule has 204 valence electrons. The van der Waals surface area contributed by atoms with Gasteiger partial charge in [-0.3, -0.25) is 9.88 Å². The van der Waals surface area contributed by atoms with Crippen molar-refractivity contribution in [1.29, 1.82) is 0 Å². The van der Waals surface area contributed by atoms with Crippen molar-refractivity contribution in [2.45, 2.75) is 33.3 Å². The summed E-state index contributed by atoms with van der Waals surface area (Å²) in [7, 11) is -3.00. The number of nitrogens with one attached hydrogen (secondary N) is 2. The van der Waals surface area contributed by atoms with Crippen LogP contribution in [0.4, 0.5) is 22.0 Å². The van der Waals surface area contributed by atoms with Gasteiger partial charge in [-0.1, -0.05) is 35.9 Å². The fourth-order valence-electron chi connectivity index (χ4n) is 3.93. The Kier molecular flexibility index (Phi) is 8.50. The maximum absolute atomic E-state index is 12.8. The number of benzene rings is 3. The Morgan fingerprint density at radius 3 is 2.46 bits per heavy atom. The number of rotatable bonds is 8. The zero-order valence-corrected chi connectivity index (χ0v) is 24.1. The second-order valence-electron chi connectivity index (χ2n) is 9.82. The average molecular weight is 568 g/mol. The Labute approximate surface area is 233 Å². The third-order valence-electron chi connectivity index (χ3n) is 5.51. The first-order valence-corrected chi connectivity index (χ1v) is 14.8. The van der Waals surface area contributed by atoms with E-state index in [9.17, 15) is 9.36 Å². The number of halogens is 1. The van der Waals surface area contributed by atoms with Crippen LogP contribution >= 0.6 is 19.0 Å². The number of carbonyl (C=O) groups excluding carboxylic acids is 1. The van der Waals surface area contributed by atoms with Crippen LogP contribution in [-0.4, -0.2) is 29.9 Å². The fourth-order valence-corrected chi connectivity index (χ4v) is 6.00. The first kappa shape index (κ1) is 28.4. The van der Waals surface area contributed by atoms with Gasteiger partial charge in [-0.2, -0.15) is 0 Å². The lowest BCUT2D eigenvalue weighted by Crippen LogP contribution is -2.27. The molecular formula is C29H31ClN3O5P. The molecule has 0 aliphatic heterocycles. The monoisotopic (exact) mass is 567 g/mol. The first-order valence-electron chi connectivity index (χ1n) is 12.4. The Bertz CT molecular complexity index is 1550. The van der Waals surface area contributed by atoms with E-state index in [1.165, 1.54) is 0 Å². The molecule has 0 aliphatic carbocycles. The van der Waals surface area contributed by atoms with Crippen molar-refractivity contribution in [2.24, 2.45) is 0 Å². The molecule has 8 nitrogen and oxygen atoms in total. The zero-order valence-electron chi connectivity index (χ0n) is 22.4. The summed E-state index contributed by atoms with van der Waals surface area (Å²) in [5.74, 6) is 1.70. The van der Waals surface area contributed by atoms with Gasteiger partial charge >= 0.3 is 6.09 Å². The van der Waals surface area contributed by atoms with Crippen LogP contribution in [0.2, 0.25) is 5.02 Å². The van der Waals surface area contributed by atoms with Gasteiger partial charge in [-0.15, -0.1) is 0 Å². The number of aromatic nitrogens is 1. The number of fused-ring (bicyclic) bond motifs is 1. The molecule has 3 aromatic carbocycles. The molecule has 1 atom stereocenters. The summed E-state index contributed by atoms with van der Waals surface area (Å²) in [6.07, 6.45) is 1.10. The van der Waals surface area contributed by atoms with Gasteiger partial charge in [0.05, 0.1) is 22.6 Å². The number of pyridine rings is 1. The predicted molar refractivity (Wildman–Crippen MR) is 158 cm³/mol. The van der Waals surface area contributed by atoms with Gasteiger partial charge in [-0.05, 0) is 64.1 Å². The minimum atomic E-state index is -3.00. The Balaban J connectivity index is 1.54. The number of hydrogen-bond acceptors (Lipinski definition) is 7. The molecule has 1 amide bonds. The molecule has 0 fully saturated rings. The number of nitrogens with zero attached hydrogens (tertiary/aromatic N) is 1. The SMILES string of the molecule is CCOP(C)(=O)c1ccc(Nc2cc(Oc3ccc(NC(=O)OC(C)(C)C)c4ccccc34)ccn2)cc1Cl. The van der Waals surface area contributed by atoms with Crippen molar-refractivity contribution < 1.29 is 23.4 Å². The molecule has 4 aromatic rings. The van der Waals surface area contributed by atoms with Crippen molar-refractivity contribution >= 4 is 58.3 Å². The second kappa shape index (κ2) is 11.7. The molecule has 0 spiro atoms. The lowest BCUT2D eigenvalue weighted by Gasteiger charge is -2.20. The summed E-state index contributed by atoms with van der Waals surface area (Å²) < 4.78 is 29.8. The number of amides is 1.